The van der Waals surface area contributed by atoms with E-state index in [1.807, 2.05) is 0 Å². The molecular formula is C11H25Cl2N3OS. The molecule has 0 aromatic carbocycles. The highest BCUT2D eigenvalue weighted by molar-refractivity contribution is 8.14. The lowest BCUT2D eigenvalue weighted by molar-refractivity contribution is 0.247. The molecule has 0 bridgehead atoms. The van der Waals surface area contributed by atoms with Crippen molar-refractivity contribution in [1.82, 2.24) is 5.32 Å². The van der Waals surface area contributed by atoms with E-state index in [1.165, 1.54) is 25.7 Å². The zero-order chi connectivity index (χ0) is 10.9. The molecule has 5 N–H and O–H groups in total. The number of amidine groups is 1. The first-order valence-corrected chi connectivity index (χ1v) is 6.76. The second-order valence-corrected chi connectivity index (χ2v) is 6.18. The topological polar surface area (TPSA) is 81.9 Å². The van der Waals surface area contributed by atoms with E-state index in [4.69, 9.17) is 5.73 Å². The Kier molecular flexibility index (Phi) is 9.72. The van der Waals surface area contributed by atoms with E-state index in [-0.39, 0.29) is 30.3 Å². The summed E-state index contributed by atoms with van der Waals surface area (Å²) in [5, 5.41) is 5.08. The van der Waals surface area contributed by atoms with Crippen molar-refractivity contribution in [3.05, 3.63) is 0 Å². The van der Waals surface area contributed by atoms with Crippen LogP contribution < -0.4 is 11.1 Å². The standard InChI is InChI=1S/C11H21N3S.2ClH.H2O/c1-3-6-13-11(2)5-4-8-9(7-11)15-10(12)14-8;;;/h8-9,13H,3-7H2,1-2H3,(H2,12,14);2*1H;1H2/t8?,9?,11-;;;/m1.../s1. The fourth-order valence-corrected chi connectivity index (χ4v) is 3.85. The third-order valence-corrected chi connectivity index (χ3v) is 4.57. The molecule has 0 saturated heterocycles. The van der Waals surface area contributed by atoms with E-state index in [2.05, 4.69) is 24.2 Å². The largest absolute Gasteiger partial charge is 0.412 e. The zero-order valence-corrected chi connectivity index (χ0v) is 13.4. The molecule has 1 aliphatic carbocycles. The number of hydrogen-bond acceptors (Lipinski definition) is 4. The van der Waals surface area contributed by atoms with Gasteiger partial charge >= 0.3 is 0 Å². The Morgan fingerprint density at radius 2 is 2.17 bits per heavy atom. The van der Waals surface area contributed by atoms with Crippen molar-refractivity contribution in [2.75, 3.05) is 6.54 Å². The van der Waals surface area contributed by atoms with Gasteiger partial charge in [-0.25, -0.2) is 0 Å². The SMILES string of the molecule is CCCN[C@]1(C)CCC2N=C(N)SC2C1.Cl.Cl.O. The average molecular weight is 318 g/mol. The maximum absolute atomic E-state index is 5.78. The van der Waals surface area contributed by atoms with Gasteiger partial charge in [0.25, 0.3) is 0 Å². The van der Waals surface area contributed by atoms with Gasteiger partial charge in [0, 0.05) is 10.8 Å². The van der Waals surface area contributed by atoms with Crippen LogP contribution in [0.3, 0.4) is 0 Å². The molecule has 18 heavy (non-hydrogen) atoms. The van der Waals surface area contributed by atoms with E-state index < -0.39 is 0 Å². The van der Waals surface area contributed by atoms with Crippen LogP contribution in [0, 0.1) is 0 Å². The van der Waals surface area contributed by atoms with Gasteiger partial charge < -0.3 is 16.5 Å². The van der Waals surface area contributed by atoms with Gasteiger partial charge in [-0.3, -0.25) is 4.99 Å². The fraction of sp³-hybridized carbons (Fsp3) is 0.909. The molecule has 1 fully saturated rings. The summed E-state index contributed by atoms with van der Waals surface area (Å²) >= 11 is 1.77. The zero-order valence-electron chi connectivity index (χ0n) is 10.9. The first kappa shape index (κ1) is 20.6. The molecule has 2 rings (SSSR count). The Morgan fingerprint density at radius 1 is 1.50 bits per heavy atom. The number of nitrogens with two attached hydrogens (primary N) is 1. The van der Waals surface area contributed by atoms with Gasteiger partial charge in [0.15, 0.2) is 5.17 Å². The van der Waals surface area contributed by atoms with Crippen LogP contribution in [0.15, 0.2) is 4.99 Å². The van der Waals surface area contributed by atoms with Gasteiger partial charge in [0.2, 0.25) is 0 Å². The second kappa shape index (κ2) is 8.48. The van der Waals surface area contributed by atoms with Crippen LogP contribution in [0.4, 0.5) is 0 Å². The van der Waals surface area contributed by atoms with Crippen LogP contribution in [-0.4, -0.2) is 34.0 Å². The number of hydrogen-bond donors (Lipinski definition) is 2. The minimum Gasteiger partial charge on any atom is -0.412 e. The summed E-state index contributed by atoms with van der Waals surface area (Å²) < 4.78 is 0. The van der Waals surface area contributed by atoms with Gasteiger partial charge in [0.05, 0.1) is 6.04 Å². The highest BCUT2D eigenvalue weighted by atomic mass is 35.5. The number of fused-ring (bicyclic) bond motifs is 1. The molecule has 110 valence electrons. The average Bonchev–Trinajstić information content (AvgIpc) is 2.54. The molecule has 1 heterocycles. The molecule has 2 unspecified atom stereocenters. The van der Waals surface area contributed by atoms with Crippen LogP contribution in [0.1, 0.15) is 39.5 Å². The monoisotopic (exact) mass is 317 g/mol. The Morgan fingerprint density at radius 3 is 2.78 bits per heavy atom. The summed E-state index contributed by atoms with van der Waals surface area (Å²) in [4.78, 5) is 4.49. The molecule has 4 nitrogen and oxygen atoms in total. The van der Waals surface area contributed by atoms with Crippen molar-refractivity contribution < 1.29 is 5.48 Å². The molecule has 0 radical (unpaired) electrons. The number of rotatable bonds is 3. The summed E-state index contributed by atoms with van der Waals surface area (Å²) in [5.41, 5.74) is 6.09. The van der Waals surface area contributed by atoms with Crippen LogP contribution >= 0.6 is 36.6 Å². The first-order chi connectivity index (χ1) is 7.13. The van der Waals surface area contributed by atoms with E-state index in [9.17, 15) is 0 Å². The van der Waals surface area contributed by atoms with Crippen molar-refractivity contribution in [2.45, 2.75) is 56.4 Å². The minimum absolute atomic E-state index is 0. The third kappa shape index (κ3) is 4.78. The van der Waals surface area contributed by atoms with Crippen molar-refractivity contribution in [3.63, 3.8) is 0 Å². The van der Waals surface area contributed by atoms with E-state index in [0.29, 0.717) is 16.8 Å². The molecule has 1 aliphatic heterocycles. The first-order valence-electron chi connectivity index (χ1n) is 5.88. The highest BCUT2D eigenvalue weighted by Gasteiger charge is 2.40. The molecule has 3 atom stereocenters. The van der Waals surface area contributed by atoms with Crippen LogP contribution in [0.5, 0.6) is 0 Å². The highest BCUT2D eigenvalue weighted by Crippen LogP contribution is 2.40. The fourth-order valence-electron chi connectivity index (χ4n) is 2.54. The predicted molar refractivity (Wildman–Crippen MR) is 85.4 cm³/mol. The Labute approximate surface area is 126 Å². The third-order valence-electron chi connectivity index (χ3n) is 3.44. The predicted octanol–water partition coefficient (Wildman–Crippen LogP) is 1.75. The summed E-state index contributed by atoms with van der Waals surface area (Å²) in [7, 11) is 0. The van der Waals surface area contributed by atoms with Crippen LogP contribution in [0.25, 0.3) is 0 Å². The van der Waals surface area contributed by atoms with E-state index in [1.54, 1.807) is 11.8 Å². The van der Waals surface area contributed by atoms with Gasteiger partial charge in [-0.15, -0.1) is 24.8 Å². The summed E-state index contributed by atoms with van der Waals surface area (Å²) in [6.07, 6.45) is 4.82. The number of halogens is 2. The van der Waals surface area contributed by atoms with Gasteiger partial charge in [-0.2, -0.15) is 0 Å². The molecule has 0 spiro atoms. The summed E-state index contributed by atoms with van der Waals surface area (Å²) in [6.45, 7) is 5.68. The number of aliphatic imine (C=N–C) groups is 1. The maximum atomic E-state index is 5.78. The normalized spacial score (nSPS) is 33.3. The second-order valence-electron chi connectivity index (χ2n) is 4.92. The van der Waals surface area contributed by atoms with Crippen LogP contribution in [-0.2, 0) is 0 Å². The van der Waals surface area contributed by atoms with Gasteiger partial charge in [0.1, 0.15) is 0 Å². The Bertz CT molecular complexity index is 281. The lowest BCUT2D eigenvalue weighted by Crippen LogP contribution is -2.49. The lowest BCUT2D eigenvalue weighted by Gasteiger charge is -2.39. The summed E-state index contributed by atoms with van der Waals surface area (Å²) in [6, 6.07) is 0.492. The van der Waals surface area contributed by atoms with E-state index >= 15 is 0 Å². The van der Waals surface area contributed by atoms with Crippen molar-refractivity contribution in [2.24, 2.45) is 10.7 Å². The molecule has 7 heteroatoms. The lowest BCUT2D eigenvalue weighted by atomic mass is 9.80. The molecular weight excluding hydrogens is 293 g/mol. The quantitative estimate of drug-likeness (QED) is 0.831. The Hall–Kier alpha value is 0.320. The Balaban J connectivity index is 0. The maximum Gasteiger partial charge on any atom is 0.154 e. The van der Waals surface area contributed by atoms with Crippen LogP contribution in [0.2, 0.25) is 0 Å². The molecule has 0 aromatic heterocycles. The van der Waals surface area contributed by atoms with E-state index in [0.717, 1.165) is 11.7 Å². The van der Waals surface area contributed by atoms with Crippen molar-refractivity contribution >= 4 is 41.7 Å². The number of nitrogens with zero attached hydrogens (tertiary/aromatic N) is 1. The minimum atomic E-state index is 0. The van der Waals surface area contributed by atoms with Gasteiger partial charge in [-0.05, 0) is 39.2 Å². The smallest absolute Gasteiger partial charge is 0.154 e. The summed E-state index contributed by atoms with van der Waals surface area (Å²) in [5.74, 6) is 0. The number of nitrogens with one attached hydrogen (secondary N) is 1. The molecule has 1 saturated carbocycles. The molecule has 0 aromatic rings. The molecule has 2 aliphatic rings. The number of thioether (sulfide) groups is 1. The molecule has 0 amide bonds. The van der Waals surface area contributed by atoms with Crippen molar-refractivity contribution in [1.29, 1.82) is 0 Å². The van der Waals surface area contributed by atoms with Crippen molar-refractivity contribution in [3.8, 4) is 0 Å². The van der Waals surface area contributed by atoms with Gasteiger partial charge in [-0.1, -0.05) is 18.7 Å².